The number of aliphatic carboxylic acids is 1. The van der Waals surface area contributed by atoms with Gasteiger partial charge in [-0.15, -0.1) is 5.10 Å². The molecule has 0 spiro atoms. The van der Waals surface area contributed by atoms with Crippen molar-refractivity contribution in [2.24, 2.45) is 5.92 Å². The Kier molecular flexibility index (Phi) is 3.90. The molecule has 18 heavy (non-hydrogen) atoms. The van der Waals surface area contributed by atoms with Gasteiger partial charge >= 0.3 is 5.97 Å². The third-order valence-corrected chi connectivity index (χ3v) is 3.59. The van der Waals surface area contributed by atoms with Crippen LogP contribution in [0.2, 0.25) is 0 Å². The Morgan fingerprint density at radius 2 is 2.33 bits per heavy atom. The molecule has 0 aliphatic carbocycles. The molecule has 1 N–H and O–H groups in total. The summed E-state index contributed by atoms with van der Waals surface area (Å²) in [5.74, 6) is -0.173. The Labute approximate surface area is 106 Å². The number of rotatable bonds is 5. The van der Waals surface area contributed by atoms with Gasteiger partial charge in [-0.1, -0.05) is 6.92 Å². The topological polar surface area (TPSA) is 84.1 Å². The zero-order valence-corrected chi connectivity index (χ0v) is 10.8. The summed E-state index contributed by atoms with van der Waals surface area (Å²) < 4.78 is 1.79. The van der Waals surface area contributed by atoms with Crippen molar-refractivity contribution >= 4 is 5.97 Å². The standard InChI is InChI=1S/C11H19N5O2/c1-3-5-16-10(12-13-14-16)7-15-6-4-9(8(15)2)11(17)18/h8-9H,3-7H2,1-2H3,(H,17,18). The minimum atomic E-state index is -0.710. The second-order valence-electron chi connectivity index (χ2n) is 4.76. The monoisotopic (exact) mass is 253 g/mol. The van der Waals surface area contributed by atoms with Crippen LogP contribution >= 0.6 is 0 Å². The predicted molar refractivity (Wildman–Crippen MR) is 63.7 cm³/mol. The summed E-state index contributed by atoms with van der Waals surface area (Å²) in [4.78, 5) is 13.2. The highest BCUT2D eigenvalue weighted by Gasteiger charge is 2.36. The molecule has 100 valence electrons. The van der Waals surface area contributed by atoms with Gasteiger partial charge in [-0.25, -0.2) is 4.68 Å². The van der Waals surface area contributed by atoms with E-state index in [1.165, 1.54) is 0 Å². The Morgan fingerprint density at radius 3 is 2.94 bits per heavy atom. The van der Waals surface area contributed by atoms with E-state index in [9.17, 15) is 4.79 Å². The molecule has 7 nitrogen and oxygen atoms in total. The zero-order chi connectivity index (χ0) is 13.1. The van der Waals surface area contributed by atoms with Crippen LogP contribution in [0.3, 0.4) is 0 Å². The van der Waals surface area contributed by atoms with Crippen molar-refractivity contribution in [2.45, 2.75) is 45.8 Å². The van der Waals surface area contributed by atoms with E-state index < -0.39 is 5.97 Å². The van der Waals surface area contributed by atoms with Crippen molar-refractivity contribution in [1.82, 2.24) is 25.1 Å². The second kappa shape index (κ2) is 5.43. The number of hydrogen-bond donors (Lipinski definition) is 1. The first kappa shape index (κ1) is 12.9. The molecule has 0 bridgehead atoms. The smallest absolute Gasteiger partial charge is 0.308 e. The quantitative estimate of drug-likeness (QED) is 0.816. The Morgan fingerprint density at radius 1 is 1.56 bits per heavy atom. The van der Waals surface area contributed by atoms with Crippen LogP contribution in [-0.4, -0.2) is 48.8 Å². The largest absolute Gasteiger partial charge is 0.481 e. The second-order valence-corrected chi connectivity index (χ2v) is 4.76. The minimum Gasteiger partial charge on any atom is -0.481 e. The van der Waals surface area contributed by atoms with E-state index in [1.807, 2.05) is 6.92 Å². The summed E-state index contributed by atoms with van der Waals surface area (Å²) in [6, 6.07) is 0.0364. The first-order valence-corrected chi connectivity index (χ1v) is 6.35. The molecule has 2 atom stereocenters. The molecule has 1 aliphatic rings. The van der Waals surface area contributed by atoms with E-state index in [-0.39, 0.29) is 12.0 Å². The van der Waals surface area contributed by atoms with Crippen molar-refractivity contribution in [3.05, 3.63) is 5.82 Å². The van der Waals surface area contributed by atoms with E-state index in [2.05, 4.69) is 27.3 Å². The number of aryl methyl sites for hydroxylation is 1. The highest BCUT2D eigenvalue weighted by molar-refractivity contribution is 5.71. The summed E-state index contributed by atoms with van der Waals surface area (Å²) in [5, 5.41) is 20.7. The van der Waals surface area contributed by atoms with E-state index in [0.717, 1.165) is 25.3 Å². The van der Waals surface area contributed by atoms with E-state index in [4.69, 9.17) is 5.11 Å². The van der Waals surface area contributed by atoms with Gasteiger partial charge in [0.2, 0.25) is 0 Å². The number of carbonyl (C=O) groups is 1. The summed E-state index contributed by atoms with van der Waals surface area (Å²) in [6.45, 7) is 6.24. The van der Waals surface area contributed by atoms with Gasteiger partial charge < -0.3 is 5.11 Å². The first-order valence-electron chi connectivity index (χ1n) is 6.35. The van der Waals surface area contributed by atoms with Crippen molar-refractivity contribution in [3.63, 3.8) is 0 Å². The Balaban J connectivity index is 2.02. The summed E-state index contributed by atoms with van der Waals surface area (Å²) in [7, 11) is 0. The summed E-state index contributed by atoms with van der Waals surface area (Å²) >= 11 is 0. The maximum atomic E-state index is 11.1. The number of carboxylic acid groups (broad SMARTS) is 1. The van der Waals surface area contributed by atoms with Gasteiger partial charge in [-0.05, 0) is 36.7 Å². The van der Waals surface area contributed by atoms with Gasteiger partial charge in [0.05, 0.1) is 12.5 Å². The fraction of sp³-hybridized carbons (Fsp3) is 0.818. The van der Waals surface area contributed by atoms with Crippen LogP contribution < -0.4 is 0 Å². The van der Waals surface area contributed by atoms with Crippen molar-refractivity contribution in [2.75, 3.05) is 6.54 Å². The van der Waals surface area contributed by atoms with E-state index >= 15 is 0 Å². The lowest BCUT2D eigenvalue weighted by Gasteiger charge is -2.22. The molecule has 0 aromatic carbocycles. The Bertz CT molecular complexity index is 419. The first-order chi connectivity index (χ1) is 8.63. The molecular weight excluding hydrogens is 234 g/mol. The van der Waals surface area contributed by atoms with Crippen LogP contribution in [0.15, 0.2) is 0 Å². The number of tetrazole rings is 1. The van der Waals surface area contributed by atoms with Gasteiger partial charge in [0, 0.05) is 12.6 Å². The molecule has 2 rings (SSSR count). The fourth-order valence-electron chi connectivity index (χ4n) is 2.46. The van der Waals surface area contributed by atoms with Crippen LogP contribution in [0.5, 0.6) is 0 Å². The zero-order valence-electron chi connectivity index (χ0n) is 10.8. The maximum absolute atomic E-state index is 11.1. The maximum Gasteiger partial charge on any atom is 0.308 e. The molecule has 1 aromatic rings. The lowest BCUT2D eigenvalue weighted by molar-refractivity contribution is -0.142. The highest BCUT2D eigenvalue weighted by Crippen LogP contribution is 2.25. The van der Waals surface area contributed by atoms with Crippen LogP contribution in [0.4, 0.5) is 0 Å². The molecule has 7 heteroatoms. The van der Waals surface area contributed by atoms with Gasteiger partial charge in [0.25, 0.3) is 0 Å². The van der Waals surface area contributed by atoms with Crippen LogP contribution in [-0.2, 0) is 17.9 Å². The third kappa shape index (κ3) is 2.50. The normalized spacial score (nSPS) is 24.6. The van der Waals surface area contributed by atoms with Crippen LogP contribution in [0, 0.1) is 5.92 Å². The van der Waals surface area contributed by atoms with Crippen LogP contribution in [0.1, 0.15) is 32.5 Å². The molecule has 2 heterocycles. The third-order valence-electron chi connectivity index (χ3n) is 3.59. The predicted octanol–water partition coefficient (Wildman–Crippen LogP) is 0.378. The number of aromatic nitrogens is 4. The van der Waals surface area contributed by atoms with Crippen molar-refractivity contribution < 1.29 is 9.90 Å². The fourth-order valence-corrected chi connectivity index (χ4v) is 2.46. The number of nitrogens with zero attached hydrogens (tertiary/aromatic N) is 5. The lowest BCUT2D eigenvalue weighted by atomic mass is 10.0. The van der Waals surface area contributed by atoms with Gasteiger partial charge in [0.1, 0.15) is 0 Å². The van der Waals surface area contributed by atoms with E-state index in [0.29, 0.717) is 13.0 Å². The van der Waals surface area contributed by atoms with Gasteiger partial charge in [-0.3, -0.25) is 9.69 Å². The molecule has 0 amide bonds. The molecule has 2 unspecified atom stereocenters. The molecule has 1 fully saturated rings. The summed E-state index contributed by atoms with van der Waals surface area (Å²) in [5.41, 5.74) is 0. The van der Waals surface area contributed by atoms with Crippen LogP contribution in [0.25, 0.3) is 0 Å². The van der Waals surface area contributed by atoms with Gasteiger partial charge in [-0.2, -0.15) is 0 Å². The number of carboxylic acids is 1. The highest BCUT2D eigenvalue weighted by atomic mass is 16.4. The van der Waals surface area contributed by atoms with Crippen molar-refractivity contribution in [1.29, 1.82) is 0 Å². The average molecular weight is 253 g/mol. The molecular formula is C11H19N5O2. The van der Waals surface area contributed by atoms with Gasteiger partial charge in [0.15, 0.2) is 5.82 Å². The molecule has 1 saturated heterocycles. The summed E-state index contributed by atoms with van der Waals surface area (Å²) in [6.07, 6.45) is 1.68. The molecule has 1 aliphatic heterocycles. The number of hydrogen-bond acceptors (Lipinski definition) is 5. The Hall–Kier alpha value is -1.50. The van der Waals surface area contributed by atoms with E-state index in [1.54, 1.807) is 4.68 Å². The minimum absolute atomic E-state index is 0.0364. The lowest BCUT2D eigenvalue weighted by Crippen LogP contribution is -2.33. The molecule has 1 aromatic heterocycles. The molecule has 0 radical (unpaired) electrons. The number of likely N-dealkylation sites (tertiary alicyclic amines) is 1. The molecule has 0 saturated carbocycles. The SMILES string of the molecule is CCCn1nnnc1CN1CCC(C(=O)O)C1C. The van der Waals surface area contributed by atoms with Crippen molar-refractivity contribution in [3.8, 4) is 0 Å². The average Bonchev–Trinajstić information content (AvgIpc) is 2.89.